The molecule has 102 valence electrons. The quantitative estimate of drug-likeness (QED) is 0.369. The molecule has 0 aliphatic rings. The lowest BCUT2D eigenvalue weighted by Crippen LogP contribution is -2.25. The molecule has 1 aromatic rings. The minimum atomic E-state index is -3.33. The molecule has 7 nitrogen and oxygen atoms in total. The normalized spacial score (nSPS) is 10.6. The van der Waals surface area contributed by atoms with Crippen LogP contribution < -0.4 is 5.32 Å². The van der Waals surface area contributed by atoms with E-state index in [4.69, 9.17) is 5.53 Å². The van der Waals surface area contributed by atoms with Gasteiger partial charge in [0.15, 0.2) is 9.84 Å². The van der Waals surface area contributed by atoms with Crippen LogP contribution in [0.3, 0.4) is 0 Å². The fourth-order valence-electron chi connectivity index (χ4n) is 1.37. The predicted octanol–water partition coefficient (Wildman–Crippen LogP) is 1.52. The summed E-state index contributed by atoms with van der Waals surface area (Å²) in [5.41, 5.74) is 8.36. The summed E-state index contributed by atoms with van der Waals surface area (Å²) >= 11 is 0. The highest BCUT2D eigenvalue weighted by molar-refractivity contribution is 7.90. The van der Waals surface area contributed by atoms with Crippen molar-refractivity contribution in [2.24, 2.45) is 5.11 Å². The third kappa shape index (κ3) is 4.99. The van der Waals surface area contributed by atoms with E-state index in [2.05, 4.69) is 15.3 Å². The van der Waals surface area contributed by atoms with Gasteiger partial charge in [-0.25, -0.2) is 8.42 Å². The van der Waals surface area contributed by atoms with Crippen LogP contribution in [0.15, 0.2) is 34.3 Å². The first kappa shape index (κ1) is 15.0. The molecule has 0 aliphatic heterocycles. The fourth-order valence-corrected chi connectivity index (χ4v) is 2.03. The monoisotopic (exact) mass is 282 g/mol. The van der Waals surface area contributed by atoms with Crippen LogP contribution in [0.2, 0.25) is 0 Å². The summed E-state index contributed by atoms with van der Waals surface area (Å²) in [5, 5.41) is 5.96. The minimum absolute atomic E-state index is 0.106. The van der Waals surface area contributed by atoms with Crippen LogP contribution in [0, 0.1) is 0 Å². The second-order valence-corrected chi connectivity index (χ2v) is 5.88. The molecule has 0 fully saturated rings. The molecule has 0 unspecified atom stereocenters. The fraction of sp³-hybridized carbons (Fsp3) is 0.364. The van der Waals surface area contributed by atoms with Gasteiger partial charge in [0.05, 0.1) is 4.90 Å². The van der Waals surface area contributed by atoms with Crippen molar-refractivity contribution in [2.45, 2.75) is 11.3 Å². The topological polar surface area (TPSA) is 112 Å². The first-order chi connectivity index (χ1) is 8.95. The molecular formula is C11H14N4O3S. The molecular weight excluding hydrogens is 268 g/mol. The molecule has 1 aromatic carbocycles. The van der Waals surface area contributed by atoms with Gasteiger partial charge in [-0.15, -0.1) is 0 Å². The Kier molecular flexibility index (Phi) is 5.35. The third-order valence-corrected chi connectivity index (χ3v) is 3.42. The average molecular weight is 282 g/mol. The van der Waals surface area contributed by atoms with Crippen LogP contribution in [0.1, 0.15) is 16.8 Å². The molecule has 0 spiro atoms. The van der Waals surface area contributed by atoms with Crippen molar-refractivity contribution in [3.05, 3.63) is 40.3 Å². The Bertz CT molecular complexity index is 606. The van der Waals surface area contributed by atoms with E-state index in [9.17, 15) is 13.2 Å². The van der Waals surface area contributed by atoms with Crippen molar-refractivity contribution in [3.63, 3.8) is 0 Å². The molecule has 0 radical (unpaired) electrons. The summed E-state index contributed by atoms with van der Waals surface area (Å²) in [5.74, 6) is -0.355. The Hall–Kier alpha value is -2.05. The second-order valence-electron chi connectivity index (χ2n) is 3.86. The van der Waals surface area contributed by atoms with Crippen molar-refractivity contribution in [3.8, 4) is 0 Å². The lowest BCUT2D eigenvalue weighted by Gasteiger charge is -2.05. The maximum Gasteiger partial charge on any atom is 0.251 e. The lowest BCUT2D eigenvalue weighted by atomic mass is 10.2. The summed E-state index contributed by atoms with van der Waals surface area (Å²) in [4.78, 5) is 14.4. The van der Waals surface area contributed by atoms with E-state index in [-0.39, 0.29) is 16.4 Å². The number of carbonyl (C=O) groups is 1. The Labute approximate surface area is 111 Å². The molecule has 0 aromatic heterocycles. The molecule has 1 amide bonds. The molecule has 0 aliphatic carbocycles. The van der Waals surface area contributed by atoms with Crippen LogP contribution in [-0.2, 0) is 9.84 Å². The number of amides is 1. The number of nitrogens with one attached hydrogen (secondary N) is 1. The lowest BCUT2D eigenvalue weighted by molar-refractivity contribution is 0.0953. The standard InChI is InChI=1S/C11H14N4O3S/c1-19(17,18)10-5-2-4-9(8-10)11(16)13-6-3-7-14-15-12/h2,4-5,8H,3,6-7H2,1H3,(H,13,16). The zero-order valence-electron chi connectivity index (χ0n) is 10.4. The number of benzene rings is 1. The molecule has 0 saturated heterocycles. The molecule has 0 saturated carbocycles. The maximum absolute atomic E-state index is 11.7. The largest absolute Gasteiger partial charge is 0.352 e. The summed E-state index contributed by atoms with van der Waals surface area (Å²) < 4.78 is 22.7. The molecule has 1 rings (SSSR count). The van der Waals surface area contributed by atoms with Crippen molar-refractivity contribution in [1.29, 1.82) is 0 Å². The summed E-state index contributed by atoms with van der Waals surface area (Å²) in [7, 11) is -3.33. The van der Waals surface area contributed by atoms with E-state index in [1.54, 1.807) is 0 Å². The van der Waals surface area contributed by atoms with E-state index in [1.807, 2.05) is 0 Å². The van der Waals surface area contributed by atoms with Crippen LogP contribution in [-0.4, -0.2) is 33.7 Å². The highest BCUT2D eigenvalue weighted by Crippen LogP contribution is 2.11. The van der Waals surface area contributed by atoms with Crippen LogP contribution in [0.25, 0.3) is 10.4 Å². The Morgan fingerprint density at radius 2 is 2.21 bits per heavy atom. The first-order valence-corrected chi connectivity index (χ1v) is 7.43. The van der Waals surface area contributed by atoms with Gasteiger partial charge in [0.1, 0.15) is 0 Å². The SMILES string of the molecule is CS(=O)(=O)c1cccc(C(=O)NCCCN=[N+]=[N-])c1. The highest BCUT2D eigenvalue weighted by Gasteiger charge is 2.10. The van der Waals surface area contributed by atoms with Gasteiger partial charge in [0.2, 0.25) is 0 Å². The van der Waals surface area contributed by atoms with Gasteiger partial charge < -0.3 is 5.32 Å². The molecule has 0 heterocycles. The second kappa shape index (κ2) is 6.77. The third-order valence-electron chi connectivity index (χ3n) is 2.31. The smallest absolute Gasteiger partial charge is 0.251 e. The summed E-state index contributed by atoms with van der Waals surface area (Å²) in [6, 6.07) is 5.83. The Balaban J connectivity index is 2.65. The van der Waals surface area contributed by atoms with Gasteiger partial charge >= 0.3 is 0 Å². The van der Waals surface area contributed by atoms with E-state index in [1.165, 1.54) is 24.3 Å². The average Bonchev–Trinajstić information content (AvgIpc) is 2.37. The van der Waals surface area contributed by atoms with Crippen molar-refractivity contribution >= 4 is 15.7 Å². The van der Waals surface area contributed by atoms with Crippen molar-refractivity contribution in [2.75, 3.05) is 19.3 Å². The van der Waals surface area contributed by atoms with Gasteiger partial charge in [-0.1, -0.05) is 11.2 Å². The van der Waals surface area contributed by atoms with E-state index in [0.717, 1.165) is 6.26 Å². The summed E-state index contributed by atoms with van der Waals surface area (Å²) in [6.07, 6.45) is 1.62. The summed E-state index contributed by atoms with van der Waals surface area (Å²) in [6.45, 7) is 0.668. The van der Waals surface area contributed by atoms with Gasteiger partial charge in [-0.2, -0.15) is 0 Å². The van der Waals surface area contributed by atoms with Crippen LogP contribution >= 0.6 is 0 Å². The number of sulfone groups is 1. The van der Waals surface area contributed by atoms with Crippen molar-refractivity contribution < 1.29 is 13.2 Å². The number of rotatable bonds is 6. The Morgan fingerprint density at radius 3 is 2.84 bits per heavy atom. The van der Waals surface area contributed by atoms with Crippen molar-refractivity contribution in [1.82, 2.24) is 5.32 Å². The molecule has 19 heavy (non-hydrogen) atoms. The predicted molar refractivity (Wildman–Crippen MR) is 70.5 cm³/mol. The number of nitrogens with zero attached hydrogens (tertiary/aromatic N) is 3. The van der Waals surface area contributed by atoms with E-state index in [0.29, 0.717) is 19.5 Å². The number of hydrogen-bond donors (Lipinski definition) is 1. The van der Waals surface area contributed by atoms with Gasteiger partial charge in [-0.05, 0) is 30.2 Å². The number of carbonyl (C=O) groups excluding carboxylic acids is 1. The van der Waals surface area contributed by atoms with E-state index >= 15 is 0 Å². The molecule has 0 bridgehead atoms. The van der Waals surface area contributed by atoms with Gasteiger partial charge in [0, 0.05) is 29.8 Å². The van der Waals surface area contributed by atoms with E-state index < -0.39 is 9.84 Å². The number of hydrogen-bond acceptors (Lipinski definition) is 4. The molecule has 0 atom stereocenters. The first-order valence-electron chi connectivity index (χ1n) is 5.54. The van der Waals surface area contributed by atoms with Crippen LogP contribution in [0.4, 0.5) is 0 Å². The van der Waals surface area contributed by atoms with Gasteiger partial charge in [0.25, 0.3) is 5.91 Å². The minimum Gasteiger partial charge on any atom is -0.352 e. The zero-order valence-corrected chi connectivity index (χ0v) is 11.2. The maximum atomic E-state index is 11.7. The Morgan fingerprint density at radius 1 is 1.47 bits per heavy atom. The highest BCUT2D eigenvalue weighted by atomic mass is 32.2. The molecule has 8 heteroatoms. The molecule has 1 N–H and O–H groups in total. The zero-order chi connectivity index (χ0) is 14.3. The van der Waals surface area contributed by atoms with Gasteiger partial charge in [-0.3, -0.25) is 4.79 Å². The number of azide groups is 1. The van der Waals surface area contributed by atoms with Crippen LogP contribution in [0.5, 0.6) is 0 Å².